The molecule has 1 amide bonds. The van der Waals surface area contributed by atoms with Gasteiger partial charge in [-0.25, -0.2) is 0 Å². The summed E-state index contributed by atoms with van der Waals surface area (Å²) in [5.41, 5.74) is 1.69. The second-order valence-corrected chi connectivity index (χ2v) is 6.38. The molecule has 0 aliphatic heterocycles. The van der Waals surface area contributed by atoms with Crippen LogP contribution in [0.25, 0.3) is 11.3 Å². The van der Waals surface area contributed by atoms with Crippen LogP contribution < -0.4 is 4.74 Å². The summed E-state index contributed by atoms with van der Waals surface area (Å²) in [5, 5.41) is 0.580. The summed E-state index contributed by atoms with van der Waals surface area (Å²) in [4.78, 5) is 14.5. The summed E-state index contributed by atoms with van der Waals surface area (Å²) in [6, 6.07) is 18.3. The lowest BCUT2D eigenvalue weighted by Gasteiger charge is -2.25. The molecule has 134 valence electrons. The Morgan fingerprint density at radius 1 is 1.08 bits per heavy atom. The minimum Gasteiger partial charge on any atom is -0.496 e. The van der Waals surface area contributed by atoms with E-state index in [1.807, 2.05) is 49.4 Å². The molecule has 0 N–H and O–H groups in total. The number of benzene rings is 2. The van der Waals surface area contributed by atoms with Crippen molar-refractivity contribution in [3.63, 3.8) is 0 Å². The van der Waals surface area contributed by atoms with Crippen LogP contribution in [0.2, 0.25) is 5.02 Å². The van der Waals surface area contributed by atoms with Crippen molar-refractivity contribution in [2.75, 3.05) is 14.2 Å². The van der Waals surface area contributed by atoms with Crippen molar-refractivity contribution in [1.82, 2.24) is 4.90 Å². The summed E-state index contributed by atoms with van der Waals surface area (Å²) in [7, 11) is 3.37. The highest BCUT2D eigenvalue weighted by Crippen LogP contribution is 2.32. The molecule has 0 bridgehead atoms. The van der Waals surface area contributed by atoms with Crippen LogP contribution >= 0.6 is 11.6 Å². The highest BCUT2D eigenvalue weighted by atomic mass is 35.5. The third-order valence-electron chi connectivity index (χ3n) is 4.45. The van der Waals surface area contributed by atoms with Crippen LogP contribution in [-0.2, 0) is 0 Å². The molecule has 2 aromatic carbocycles. The van der Waals surface area contributed by atoms with Gasteiger partial charge in [0, 0.05) is 18.2 Å². The van der Waals surface area contributed by atoms with Crippen LogP contribution in [0.4, 0.5) is 0 Å². The third-order valence-corrected chi connectivity index (χ3v) is 4.78. The van der Waals surface area contributed by atoms with Crippen molar-refractivity contribution in [2.24, 2.45) is 0 Å². The highest BCUT2D eigenvalue weighted by molar-refractivity contribution is 6.33. The number of rotatable bonds is 5. The predicted molar refractivity (Wildman–Crippen MR) is 103 cm³/mol. The van der Waals surface area contributed by atoms with Gasteiger partial charge in [0.2, 0.25) is 0 Å². The SMILES string of the molecule is COc1ccccc1C(C)N(C)C(=O)c1ccc(-c2ccccc2Cl)o1. The first-order chi connectivity index (χ1) is 12.5. The number of hydrogen-bond donors (Lipinski definition) is 0. The molecule has 0 radical (unpaired) electrons. The zero-order valence-corrected chi connectivity index (χ0v) is 15.7. The summed E-state index contributed by atoms with van der Waals surface area (Å²) < 4.78 is 11.2. The molecule has 5 heteroatoms. The lowest BCUT2D eigenvalue weighted by atomic mass is 10.1. The van der Waals surface area contributed by atoms with Gasteiger partial charge < -0.3 is 14.1 Å². The first-order valence-electron chi connectivity index (χ1n) is 8.27. The number of amides is 1. The lowest BCUT2D eigenvalue weighted by molar-refractivity contribution is 0.0710. The molecule has 1 aromatic heterocycles. The van der Waals surface area contributed by atoms with E-state index in [0.29, 0.717) is 10.8 Å². The molecule has 0 fully saturated rings. The van der Waals surface area contributed by atoms with Crippen molar-refractivity contribution in [1.29, 1.82) is 0 Å². The Balaban J connectivity index is 1.84. The number of para-hydroxylation sites is 1. The number of halogens is 1. The van der Waals surface area contributed by atoms with E-state index in [0.717, 1.165) is 16.9 Å². The fourth-order valence-electron chi connectivity index (χ4n) is 2.83. The average molecular weight is 370 g/mol. The van der Waals surface area contributed by atoms with E-state index in [2.05, 4.69) is 0 Å². The van der Waals surface area contributed by atoms with Gasteiger partial charge in [0.15, 0.2) is 5.76 Å². The van der Waals surface area contributed by atoms with Gasteiger partial charge >= 0.3 is 0 Å². The highest BCUT2D eigenvalue weighted by Gasteiger charge is 2.24. The Kier molecular flexibility index (Phi) is 5.33. The molecule has 0 spiro atoms. The fourth-order valence-corrected chi connectivity index (χ4v) is 3.06. The van der Waals surface area contributed by atoms with E-state index >= 15 is 0 Å². The summed E-state index contributed by atoms with van der Waals surface area (Å²) in [6.45, 7) is 1.95. The zero-order valence-electron chi connectivity index (χ0n) is 14.9. The maximum atomic E-state index is 12.8. The molecule has 1 unspecified atom stereocenters. The summed E-state index contributed by atoms with van der Waals surface area (Å²) in [6.07, 6.45) is 0. The largest absolute Gasteiger partial charge is 0.496 e. The molecule has 1 atom stereocenters. The normalized spacial score (nSPS) is 11.8. The molecule has 0 aliphatic carbocycles. The molecule has 0 saturated carbocycles. The van der Waals surface area contributed by atoms with E-state index in [9.17, 15) is 4.79 Å². The average Bonchev–Trinajstić information content (AvgIpc) is 3.16. The van der Waals surface area contributed by atoms with Crippen molar-refractivity contribution in [2.45, 2.75) is 13.0 Å². The monoisotopic (exact) mass is 369 g/mol. The quantitative estimate of drug-likeness (QED) is 0.601. The van der Waals surface area contributed by atoms with Gasteiger partial charge in [0.05, 0.1) is 18.2 Å². The van der Waals surface area contributed by atoms with Crippen molar-refractivity contribution in [3.05, 3.63) is 77.0 Å². The number of carbonyl (C=O) groups is 1. The van der Waals surface area contributed by atoms with Gasteiger partial charge in [-0.05, 0) is 37.3 Å². The van der Waals surface area contributed by atoms with E-state index in [1.54, 1.807) is 37.3 Å². The zero-order chi connectivity index (χ0) is 18.7. The van der Waals surface area contributed by atoms with Crippen molar-refractivity contribution < 1.29 is 13.9 Å². The van der Waals surface area contributed by atoms with Crippen LogP contribution in [0.15, 0.2) is 65.1 Å². The molecule has 4 nitrogen and oxygen atoms in total. The molecule has 3 aromatic rings. The van der Waals surface area contributed by atoms with Crippen LogP contribution in [0.1, 0.15) is 29.1 Å². The topological polar surface area (TPSA) is 42.7 Å². The molecule has 0 saturated heterocycles. The standard InChI is InChI=1S/C21H20ClNO3/c1-14(15-8-5-7-11-18(15)25-3)23(2)21(24)20-13-12-19(26-20)16-9-4-6-10-17(16)22/h4-14H,1-3H3. The number of furan rings is 1. The van der Waals surface area contributed by atoms with Crippen molar-refractivity contribution in [3.8, 4) is 17.1 Å². The number of methoxy groups -OCH3 is 1. The first-order valence-corrected chi connectivity index (χ1v) is 8.65. The number of hydrogen-bond acceptors (Lipinski definition) is 3. The van der Waals surface area contributed by atoms with Gasteiger partial charge in [-0.3, -0.25) is 4.79 Å². The van der Waals surface area contributed by atoms with Gasteiger partial charge in [-0.1, -0.05) is 41.9 Å². The maximum Gasteiger partial charge on any atom is 0.289 e. The Bertz CT molecular complexity index is 919. The first kappa shape index (κ1) is 18.1. The van der Waals surface area contributed by atoms with Crippen molar-refractivity contribution >= 4 is 17.5 Å². The van der Waals surface area contributed by atoms with Crippen LogP contribution in [0.3, 0.4) is 0 Å². The molecule has 3 rings (SSSR count). The molecule has 26 heavy (non-hydrogen) atoms. The molecular weight excluding hydrogens is 350 g/mol. The minimum absolute atomic E-state index is 0.174. The second kappa shape index (κ2) is 7.67. The fraction of sp³-hybridized carbons (Fsp3) is 0.190. The lowest BCUT2D eigenvalue weighted by Crippen LogP contribution is -2.29. The van der Waals surface area contributed by atoms with E-state index < -0.39 is 0 Å². The van der Waals surface area contributed by atoms with Crippen LogP contribution in [-0.4, -0.2) is 25.0 Å². The van der Waals surface area contributed by atoms with Gasteiger partial charge in [-0.2, -0.15) is 0 Å². The third kappa shape index (κ3) is 3.46. The molecule has 1 heterocycles. The number of nitrogens with zero attached hydrogens (tertiary/aromatic N) is 1. The summed E-state index contributed by atoms with van der Waals surface area (Å²) in [5.74, 6) is 1.37. The van der Waals surface area contributed by atoms with Gasteiger partial charge in [0.25, 0.3) is 5.91 Å². The number of ether oxygens (including phenoxy) is 1. The van der Waals surface area contributed by atoms with E-state index in [4.69, 9.17) is 20.8 Å². The Morgan fingerprint density at radius 2 is 1.77 bits per heavy atom. The van der Waals surface area contributed by atoms with Crippen LogP contribution in [0.5, 0.6) is 5.75 Å². The smallest absolute Gasteiger partial charge is 0.289 e. The predicted octanol–water partition coefficient (Wildman–Crippen LogP) is 5.44. The minimum atomic E-state index is -0.207. The Morgan fingerprint density at radius 3 is 2.50 bits per heavy atom. The van der Waals surface area contributed by atoms with Gasteiger partial charge in [0.1, 0.15) is 11.5 Å². The summed E-state index contributed by atoms with van der Waals surface area (Å²) >= 11 is 6.20. The van der Waals surface area contributed by atoms with Gasteiger partial charge in [-0.15, -0.1) is 0 Å². The van der Waals surface area contributed by atoms with Crippen LogP contribution in [0, 0.1) is 0 Å². The maximum absolute atomic E-state index is 12.8. The molecular formula is C21H20ClNO3. The second-order valence-electron chi connectivity index (χ2n) is 5.98. The molecule has 0 aliphatic rings. The Labute approximate surface area is 158 Å². The van der Waals surface area contributed by atoms with E-state index in [1.165, 1.54) is 0 Å². The Hall–Kier alpha value is -2.72. The number of carbonyl (C=O) groups excluding carboxylic acids is 1. The van der Waals surface area contributed by atoms with E-state index in [-0.39, 0.29) is 17.7 Å².